The first-order valence-electron chi connectivity index (χ1n) is 11.5. The van der Waals surface area contributed by atoms with Crippen LogP contribution in [0.5, 0.6) is 0 Å². The number of amides is 1. The zero-order valence-corrected chi connectivity index (χ0v) is 19.6. The van der Waals surface area contributed by atoms with Gasteiger partial charge in [-0.15, -0.1) is 0 Å². The van der Waals surface area contributed by atoms with Gasteiger partial charge in [0.15, 0.2) is 5.65 Å². The van der Waals surface area contributed by atoms with Gasteiger partial charge in [-0.2, -0.15) is 0 Å². The summed E-state index contributed by atoms with van der Waals surface area (Å²) < 4.78 is 7.47. The molecule has 0 aliphatic heterocycles. The summed E-state index contributed by atoms with van der Waals surface area (Å²) >= 11 is 0. The van der Waals surface area contributed by atoms with E-state index in [0.717, 1.165) is 12.8 Å². The van der Waals surface area contributed by atoms with Gasteiger partial charge in [-0.05, 0) is 43.5 Å². The van der Waals surface area contributed by atoms with E-state index in [-0.39, 0.29) is 39.9 Å². The molecule has 4 aromatic rings. The second-order valence-corrected chi connectivity index (χ2v) is 8.43. The lowest BCUT2D eigenvalue weighted by Crippen LogP contribution is -2.39. The van der Waals surface area contributed by atoms with E-state index < -0.39 is 11.9 Å². The van der Waals surface area contributed by atoms with Crippen molar-refractivity contribution in [3.05, 3.63) is 68.8 Å². The first-order valence-corrected chi connectivity index (χ1v) is 11.5. The number of nitrogens with one attached hydrogen (secondary N) is 2. The average Bonchev–Trinajstić information content (AvgIpc) is 3.63. The molecule has 12 heteroatoms. The van der Waals surface area contributed by atoms with Crippen LogP contribution in [0.2, 0.25) is 0 Å². The molecule has 0 spiro atoms. The van der Waals surface area contributed by atoms with Crippen molar-refractivity contribution in [2.45, 2.75) is 38.8 Å². The summed E-state index contributed by atoms with van der Waals surface area (Å²) in [7, 11) is 1.27. The van der Waals surface area contributed by atoms with E-state index in [2.05, 4.69) is 30.0 Å². The normalized spacial score (nSPS) is 13.1. The molecule has 36 heavy (non-hydrogen) atoms. The topological polar surface area (TPSA) is 154 Å². The molecule has 0 aromatic carbocycles. The molecular weight excluding hydrogens is 466 g/mol. The highest BCUT2D eigenvalue weighted by atomic mass is 16.5. The van der Waals surface area contributed by atoms with Crippen LogP contribution in [0, 0.1) is 0 Å². The Kier molecular flexibility index (Phi) is 5.92. The molecule has 12 nitrogen and oxygen atoms in total. The number of anilines is 1. The largest absolute Gasteiger partial charge is 0.465 e. The Balaban J connectivity index is 1.41. The first-order chi connectivity index (χ1) is 17.4. The van der Waals surface area contributed by atoms with Gasteiger partial charge in [0.25, 0.3) is 11.5 Å². The molecule has 1 aliphatic carbocycles. The number of fused-ring (bicyclic) bond motifs is 1. The van der Waals surface area contributed by atoms with Crippen LogP contribution in [0.25, 0.3) is 22.6 Å². The summed E-state index contributed by atoms with van der Waals surface area (Å²) in [5.41, 5.74) is 0.808. The third kappa shape index (κ3) is 4.17. The highest BCUT2D eigenvalue weighted by Crippen LogP contribution is 2.32. The smallest absolute Gasteiger partial charge is 0.339 e. The maximum atomic E-state index is 13.0. The highest BCUT2D eigenvalue weighted by molar-refractivity contribution is 6.02. The minimum atomic E-state index is -0.527. The number of aromatic amines is 1. The van der Waals surface area contributed by atoms with Crippen molar-refractivity contribution in [3.8, 4) is 11.4 Å². The zero-order valence-electron chi connectivity index (χ0n) is 19.6. The lowest BCUT2D eigenvalue weighted by molar-refractivity contribution is 0.0600. The van der Waals surface area contributed by atoms with Gasteiger partial charge in [0, 0.05) is 30.5 Å². The van der Waals surface area contributed by atoms with Gasteiger partial charge >= 0.3 is 11.7 Å². The van der Waals surface area contributed by atoms with Crippen molar-refractivity contribution in [3.63, 3.8) is 0 Å². The molecule has 1 fully saturated rings. The molecule has 1 saturated carbocycles. The standard InChI is InChI=1S/C24H23N7O5/c1-3-10-30-20-18(22(33)31(24(30)35)15-6-7-15)28-19(29-20)13-4-8-16(25-11-13)21(32)27-17-9-5-14(12-26-17)23(34)36-2/h4-5,8-9,11-12,15H,3,6-7,10H2,1-2H3,(H,28,29)(H,26,27,32). The van der Waals surface area contributed by atoms with E-state index in [1.807, 2.05) is 6.92 Å². The van der Waals surface area contributed by atoms with E-state index in [4.69, 9.17) is 0 Å². The number of hydrogen-bond donors (Lipinski definition) is 2. The Morgan fingerprint density at radius 2 is 1.94 bits per heavy atom. The Hall–Kier alpha value is -4.61. The van der Waals surface area contributed by atoms with Crippen molar-refractivity contribution in [1.82, 2.24) is 29.1 Å². The van der Waals surface area contributed by atoms with Gasteiger partial charge in [-0.25, -0.2) is 19.6 Å². The molecule has 0 atom stereocenters. The molecule has 2 N–H and O–H groups in total. The van der Waals surface area contributed by atoms with Gasteiger partial charge in [-0.3, -0.25) is 23.7 Å². The molecule has 0 unspecified atom stereocenters. The average molecular weight is 489 g/mol. The quantitative estimate of drug-likeness (QED) is 0.374. The maximum absolute atomic E-state index is 13.0. The molecular formula is C24H23N7O5. The Morgan fingerprint density at radius 1 is 1.14 bits per heavy atom. The summed E-state index contributed by atoms with van der Waals surface area (Å²) in [4.78, 5) is 65.8. The molecule has 0 radical (unpaired) electrons. The van der Waals surface area contributed by atoms with Crippen molar-refractivity contribution in [2.75, 3.05) is 12.4 Å². The number of ether oxygens (including phenoxy) is 1. The fourth-order valence-corrected chi connectivity index (χ4v) is 3.91. The maximum Gasteiger partial charge on any atom is 0.339 e. The Bertz CT molecular complexity index is 1580. The molecule has 5 rings (SSSR count). The SMILES string of the molecule is CCCn1c(=O)n(C2CC2)c(=O)c2[nH]c(-c3ccc(C(=O)Nc4ccc(C(=O)OC)cn4)nc3)nc21. The van der Waals surface area contributed by atoms with Crippen LogP contribution >= 0.6 is 0 Å². The fraction of sp³-hybridized carbons (Fsp3) is 0.292. The number of aromatic nitrogens is 6. The fourth-order valence-electron chi connectivity index (χ4n) is 3.91. The molecule has 0 saturated heterocycles. The van der Waals surface area contributed by atoms with Gasteiger partial charge in [0.1, 0.15) is 22.9 Å². The molecule has 0 bridgehead atoms. The van der Waals surface area contributed by atoms with Crippen LogP contribution in [0.1, 0.15) is 53.1 Å². The minimum absolute atomic E-state index is 0.0603. The number of rotatable bonds is 7. The van der Waals surface area contributed by atoms with Crippen LogP contribution in [0.4, 0.5) is 5.82 Å². The monoisotopic (exact) mass is 489 g/mol. The van der Waals surface area contributed by atoms with Crippen LogP contribution < -0.4 is 16.6 Å². The van der Waals surface area contributed by atoms with Gasteiger partial charge in [-0.1, -0.05) is 6.92 Å². The summed E-state index contributed by atoms with van der Waals surface area (Å²) in [5, 5.41) is 2.61. The van der Waals surface area contributed by atoms with Crippen molar-refractivity contribution in [1.29, 1.82) is 0 Å². The number of nitrogens with zero attached hydrogens (tertiary/aromatic N) is 5. The van der Waals surface area contributed by atoms with E-state index in [1.165, 1.54) is 46.8 Å². The summed E-state index contributed by atoms with van der Waals surface area (Å²) in [6.07, 6.45) is 5.10. The predicted octanol–water partition coefficient (Wildman–Crippen LogP) is 2.13. The van der Waals surface area contributed by atoms with E-state index >= 15 is 0 Å². The Labute approximate surface area is 204 Å². The second-order valence-electron chi connectivity index (χ2n) is 8.43. The lowest BCUT2D eigenvalue weighted by atomic mass is 10.2. The number of aryl methyl sites for hydroxylation is 1. The number of pyridine rings is 2. The lowest BCUT2D eigenvalue weighted by Gasteiger charge is -2.09. The van der Waals surface area contributed by atoms with Crippen LogP contribution in [-0.4, -0.2) is 48.1 Å². The van der Waals surface area contributed by atoms with Gasteiger partial charge in [0.05, 0.1) is 12.7 Å². The van der Waals surface area contributed by atoms with Crippen LogP contribution in [0.15, 0.2) is 46.2 Å². The Morgan fingerprint density at radius 3 is 2.56 bits per heavy atom. The number of esters is 1. The minimum Gasteiger partial charge on any atom is -0.465 e. The van der Waals surface area contributed by atoms with Crippen LogP contribution in [-0.2, 0) is 11.3 Å². The number of imidazole rings is 1. The molecule has 4 aromatic heterocycles. The number of H-pyrrole nitrogens is 1. The summed E-state index contributed by atoms with van der Waals surface area (Å²) in [6.45, 7) is 2.40. The third-order valence-electron chi connectivity index (χ3n) is 5.87. The molecule has 184 valence electrons. The number of hydrogen-bond acceptors (Lipinski definition) is 8. The second kappa shape index (κ2) is 9.21. The van der Waals surface area contributed by atoms with Gasteiger partial charge < -0.3 is 15.0 Å². The van der Waals surface area contributed by atoms with Crippen molar-refractivity contribution < 1.29 is 14.3 Å². The summed E-state index contributed by atoms with van der Waals surface area (Å²) in [6, 6.07) is 6.08. The van der Waals surface area contributed by atoms with Crippen molar-refractivity contribution in [2.24, 2.45) is 0 Å². The molecule has 1 amide bonds. The van der Waals surface area contributed by atoms with E-state index in [0.29, 0.717) is 30.0 Å². The number of methoxy groups -OCH3 is 1. The van der Waals surface area contributed by atoms with E-state index in [9.17, 15) is 19.2 Å². The van der Waals surface area contributed by atoms with Crippen molar-refractivity contribution >= 4 is 28.9 Å². The van der Waals surface area contributed by atoms with Gasteiger partial charge in [0.2, 0.25) is 0 Å². The zero-order chi connectivity index (χ0) is 25.4. The molecule has 1 aliphatic rings. The number of carbonyl (C=O) groups excluding carboxylic acids is 2. The molecule has 4 heterocycles. The summed E-state index contributed by atoms with van der Waals surface area (Å²) in [5.74, 6) is -0.397. The van der Waals surface area contributed by atoms with E-state index in [1.54, 1.807) is 6.07 Å². The number of carbonyl (C=O) groups is 2. The van der Waals surface area contributed by atoms with Crippen LogP contribution in [0.3, 0.4) is 0 Å². The predicted molar refractivity (Wildman–Crippen MR) is 130 cm³/mol. The highest BCUT2D eigenvalue weighted by Gasteiger charge is 2.30. The third-order valence-corrected chi connectivity index (χ3v) is 5.87. The first kappa shape index (κ1) is 23.1.